The Morgan fingerprint density at radius 2 is 1.46 bits per heavy atom. The first-order chi connectivity index (χ1) is 13.5. The summed E-state index contributed by atoms with van der Waals surface area (Å²) < 4.78 is 10.9. The molecule has 1 amide bonds. The minimum atomic E-state index is -0.953. The number of carbonyl (C=O) groups excluding carboxylic acids is 2. The smallest absolute Gasteiger partial charge is 0.338 e. The van der Waals surface area contributed by atoms with Crippen LogP contribution in [0, 0.1) is 0 Å². The lowest BCUT2D eigenvalue weighted by Gasteiger charge is -2.14. The number of benzene rings is 3. The van der Waals surface area contributed by atoms with Gasteiger partial charge >= 0.3 is 5.97 Å². The van der Waals surface area contributed by atoms with Crippen molar-refractivity contribution in [2.24, 2.45) is 0 Å². The van der Waals surface area contributed by atoms with Crippen LogP contribution in [0.4, 0.5) is 11.4 Å². The summed E-state index contributed by atoms with van der Waals surface area (Å²) in [5, 5.41) is 2.71. The molecule has 0 bridgehead atoms. The molecule has 0 fully saturated rings. The molecule has 0 aliphatic rings. The number of nitrogen functional groups attached to an aromatic ring is 1. The molecule has 0 aliphatic heterocycles. The fourth-order valence-electron chi connectivity index (χ4n) is 2.38. The number of esters is 1. The van der Waals surface area contributed by atoms with Crippen LogP contribution >= 0.6 is 0 Å². The third kappa shape index (κ3) is 5.11. The first-order valence-corrected chi connectivity index (χ1v) is 8.71. The molecular weight excluding hydrogens is 356 g/mol. The maximum atomic E-state index is 12.3. The highest BCUT2D eigenvalue weighted by Gasteiger charge is 2.19. The van der Waals surface area contributed by atoms with Crippen molar-refractivity contribution >= 4 is 23.3 Å². The molecule has 0 aromatic heterocycles. The van der Waals surface area contributed by atoms with E-state index in [0.29, 0.717) is 22.7 Å². The Morgan fingerprint density at radius 1 is 0.857 bits per heavy atom. The average molecular weight is 376 g/mol. The molecule has 1 atom stereocenters. The highest BCUT2D eigenvalue weighted by Crippen LogP contribution is 2.22. The lowest BCUT2D eigenvalue weighted by atomic mass is 10.2. The maximum absolute atomic E-state index is 12.3. The highest BCUT2D eigenvalue weighted by molar-refractivity contribution is 5.97. The predicted molar refractivity (Wildman–Crippen MR) is 107 cm³/mol. The van der Waals surface area contributed by atoms with Crippen molar-refractivity contribution in [3.8, 4) is 11.5 Å². The molecule has 3 aromatic carbocycles. The number of nitrogens with one attached hydrogen (secondary N) is 1. The van der Waals surface area contributed by atoms with E-state index in [1.165, 1.54) is 6.92 Å². The molecule has 3 aromatic rings. The van der Waals surface area contributed by atoms with Gasteiger partial charge in [0.05, 0.1) is 5.56 Å². The van der Waals surface area contributed by atoms with Crippen molar-refractivity contribution in [2.45, 2.75) is 13.0 Å². The van der Waals surface area contributed by atoms with Gasteiger partial charge in [-0.2, -0.15) is 0 Å². The van der Waals surface area contributed by atoms with Crippen molar-refractivity contribution in [3.05, 3.63) is 84.4 Å². The minimum absolute atomic E-state index is 0.330. The van der Waals surface area contributed by atoms with E-state index in [1.54, 1.807) is 48.5 Å². The van der Waals surface area contributed by atoms with Gasteiger partial charge < -0.3 is 20.5 Å². The number of carbonyl (C=O) groups is 2. The predicted octanol–water partition coefficient (Wildman–Crippen LogP) is 4.25. The Hall–Kier alpha value is -3.80. The molecule has 0 heterocycles. The van der Waals surface area contributed by atoms with Crippen LogP contribution < -0.4 is 15.8 Å². The number of nitrogens with two attached hydrogens (primary N) is 1. The SMILES string of the molecule is C[C@@H](OC(=O)c1ccc(N)cc1)C(=O)Nc1ccc(Oc2ccccc2)cc1. The van der Waals surface area contributed by atoms with Gasteiger partial charge in [-0.05, 0) is 67.6 Å². The van der Waals surface area contributed by atoms with Crippen LogP contribution in [-0.4, -0.2) is 18.0 Å². The van der Waals surface area contributed by atoms with Crippen molar-refractivity contribution in [1.82, 2.24) is 0 Å². The zero-order valence-corrected chi connectivity index (χ0v) is 15.3. The molecule has 0 radical (unpaired) electrons. The molecule has 0 unspecified atom stereocenters. The monoisotopic (exact) mass is 376 g/mol. The van der Waals surface area contributed by atoms with E-state index in [0.717, 1.165) is 5.75 Å². The van der Waals surface area contributed by atoms with E-state index in [-0.39, 0.29) is 0 Å². The molecule has 28 heavy (non-hydrogen) atoms. The Kier molecular flexibility index (Phi) is 5.91. The van der Waals surface area contributed by atoms with Crippen molar-refractivity contribution < 1.29 is 19.1 Å². The number of hydrogen-bond donors (Lipinski definition) is 2. The molecule has 6 heteroatoms. The standard InChI is InChI=1S/C22H20N2O4/c1-15(27-22(26)16-7-9-17(23)10-8-16)21(25)24-18-11-13-20(14-12-18)28-19-5-3-2-4-6-19/h2-15H,23H2,1H3,(H,24,25)/t15-/m1/s1. The van der Waals surface area contributed by atoms with Crippen molar-refractivity contribution in [2.75, 3.05) is 11.1 Å². The zero-order valence-electron chi connectivity index (χ0n) is 15.3. The second-order valence-electron chi connectivity index (χ2n) is 6.10. The van der Waals surface area contributed by atoms with E-state index in [1.807, 2.05) is 30.3 Å². The number of amides is 1. The molecule has 142 valence electrons. The van der Waals surface area contributed by atoms with E-state index in [9.17, 15) is 9.59 Å². The van der Waals surface area contributed by atoms with Crippen LogP contribution in [0.25, 0.3) is 0 Å². The largest absolute Gasteiger partial charge is 0.457 e. The second kappa shape index (κ2) is 8.73. The summed E-state index contributed by atoms with van der Waals surface area (Å²) in [5.41, 5.74) is 7.03. The molecule has 0 spiro atoms. The molecule has 0 saturated heterocycles. The van der Waals surface area contributed by atoms with Crippen LogP contribution in [0.2, 0.25) is 0 Å². The van der Waals surface area contributed by atoms with Crippen molar-refractivity contribution in [3.63, 3.8) is 0 Å². The number of anilines is 2. The van der Waals surface area contributed by atoms with E-state index >= 15 is 0 Å². The average Bonchev–Trinajstić information content (AvgIpc) is 2.70. The molecule has 3 rings (SSSR count). The summed E-state index contributed by atoms with van der Waals surface area (Å²) >= 11 is 0. The maximum Gasteiger partial charge on any atom is 0.338 e. The summed E-state index contributed by atoms with van der Waals surface area (Å²) in [6, 6.07) is 22.6. The lowest BCUT2D eigenvalue weighted by Crippen LogP contribution is -2.30. The molecule has 0 aliphatic carbocycles. The summed E-state index contributed by atoms with van der Waals surface area (Å²) in [6.07, 6.45) is -0.953. The van der Waals surface area contributed by atoms with Gasteiger partial charge in [0.25, 0.3) is 5.91 Å². The van der Waals surface area contributed by atoms with Gasteiger partial charge in [0.15, 0.2) is 6.10 Å². The minimum Gasteiger partial charge on any atom is -0.457 e. The lowest BCUT2D eigenvalue weighted by molar-refractivity contribution is -0.123. The second-order valence-corrected chi connectivity index (χ2v) is 6.10. The van der Waals surface area contributed by atoms with E-state index in [2.05, 4.69) is 5.32 Å². The molecule has 6 nitrogen and oxygen atoms in total. The van der Waals surface area contributed by atoms with Crippen LogP contribution in [0.3, 0.4) is 0 Å². The van der Waals surface area contributed by atoms with Gasteiger partial charge in [-0.25, -0.2) is 4.79 Å². The quantitative estimate of drug-likeness (QED) is 0.496. The molecular formula is C22H20N2O4. The summed E-state index contributed by atoms with van der Waals surface area (Å²) in [5.74, 6) is 0.351. The Balaban J connectivity index is 1.54. The Bertz CT molecular complexity index is 939. The Labute approximate surface area is 162 Å². The first-order valence-electron chi connectivity index (χ1n) is 8.71. The van der Waals surface area contributed by atoms with Crippen LogP contribution in [-0.2, 0) is 9.53 Å². The summed E-state index contributed by atoms with van der Waals surface area (Å²) in [4.78, 5) is 24.4. The number of para-hydroxylation sites is 1. The normalized spacial score (nSPS) is 11.3. The van der Waals surface area contributed by atoms with Gasteiger partial charge in [-0.15, -0.1) is 0 Å². The zero-order chi connectivity index (χ0) is 19.9. The van der Waals surface area contributed by atoms with Gasteiger partial charge in [0.1, 0.15) is 11.5 Å². The first kappa shape index (κ1) is 19.0. The Morgan fingerprint density at radius 3 is 2.11 bits per heavy atom. The third-order valence-electron chi connectivity index (χ3n) is 3.90. The number of rotatable bonds is 6. The van der Waals surface area contributed by atoms with Crippen LogP contribution in [0.1, 0.15) is 17.3 Å². The topological polar surface area (TPSA) is 90.7 Å². The fraction of sp³-hybridized carbons (Fsp3) is 0.0909. The van der Waals surface area contributed by atoms with Crippen LogP contribution in [0.5, 0.6) is 11.5 Å². The molecule has 0 saturated carbocycles. The highest BCUT2D eigenvalue weighted by atomic mass is 16.5. The van der Waals surface area contributed by atoms with Crippen LogP contribution in [0.15, 0.2) is 78.9 Å². The van der Waals surface area contributed by atoms with E-state index < -0.39 is 18.0 Å². The molecule has 3 N–H and O–H groups in total. The van der Waals surface area contributed by atoms with Crippen molar-refractivity contribution in [1.29, 1.82) is 0 Å². The number of ether oxygens (including phenoxy) is 2. The fourth-order valence-corrected chi connectivity index (χ4v) is 2.38. The third-order valence-corrected chi connectivity index (χ3v) is 3.90. The van der Waals surface area contributed by atoms with Gasteiger partial charge in [0.2, 0.25) is 0 Å². The van der Waals surface area contributed by atoms with Gasteiger partial charge in [-0.3, -0.25) is 4.79 Å². The van der Waals surface area contributed by atoms with Gasteiger partial charge in [-0.1, -0.05) is 18.2 Å². The van der Waals surface area contributed by atoms with Gasteiger partial charge in [0, 0.05) is 11.4 Å². The summed E-state index contributed by atoms with van der Waals surface area (Å²) in [6.45, 7) is 1.51. The number of hydrogen-bond acceptors (Lipinski definition) is 5. The summed E-state index contributed by atoms with van der Waals surface area (Å²) in [7, 11) is 0. The van der Waals surface area contributed by atoms with E-state index in [4.69, 9.17) is 15.2 Å².